The monoisotopic (exact) mass is 145 g/mol. The molecule has 0 aliphatic heterocycles. The number of rotatable bonds is 4. The Morgan fingerprint density at radius 2 is 2.33 bits per heavy atom. The van der Waals surface area contributed by atoms with Crippen molar-refractivity contribution in [2.45, 2.75) is 20.3 Å². The first-order valence-corrected chi connectivity index (χ1v) is 3.96. The van der Waals surface area contributed by atoms with Crippen LogP contribution in [0.15, 0.2) is 11.8 Å². The summed E-state index contributed by atoms with van der Waals surface area (Å²) >= 11 is 4.07. The van der Waals surface area contributed by atoms with Gasteiger partial charge in [-0.2, -0.15) is 12.6 Å². The highest BCUT2D eigenvalue weighted by Crippen LogP contribution is 1.88. The van der Waals surface area contributed by atoms with Gasteiger partial charge in [0.1, 0.15) is 0 Å². The van der Waals surface area contributed by atoms with Crippen LogP contribution < -0.4 is 5.32 Å². The van der Waals surface area contributed by atoms with E-state index in [0.29, 0.717) is 0 Å². The Hall–Kier alpha value is -0.110. The summed E-state index contributed by atoms with van der Waals surface area (Å²) < 4.78 is 0. The molecule has 0 atom stereocenters. The van der Waals surface area contributed by atoms with Gasteiger partial charge >= 0.3 is 0 Å². The van der Waals surface area contributed by atoms with Crippen molar-refractivity contribution >= 4 is 12.6 Å². The van der Waals surface area contributed by atoms with E-state index in [0.717, 1.165) is 18.7 Å². The smallest absolute Gasteiger partial charge is 0.0232 e. The zero-order valence-corrected chi connectivity index (χ0v) is 7.04. The fourth-order valence-electron chi connectivity index (χ4n) is 0.631. The van der Waals surface area contributed by atoms with Gasteiger partial charge in [0.25, 0.3) is 0 Å². The second-order valence-electron chi connectivity index (χ2n) is 1.95. The molecule has 0 aromatic heterocycles. The van der Waals surface area contributed by atoms with Crippen LogP contribution in [0.4, 0.5) is 0 Å². The molecule has 0 heterocycles. The summed E-state index contributed by atoms with van der Waals surface area (Å²) in [6, 6.07) is 0. The summed E-state index contributed by atoms with van der Waals surface area (Å²) in [7, 11) is 0. The van der Waals surface area contributed by atoms with Crippen molar-refractivity contribution in [3.8, 4) is 0 Å². The maximum Gasteiger partial charge on any atom is 0.0232 e. The summed E-state index contributed by atoms with van der Waals surface area (Å²) in [5.74, 6) is 0.898. The largest absolute Gasteiger partial charge is 0.388 e. The minimum absolute atomic E-state index is 0.898. The van der Waals surface area contributed by atoms with E-state index in [-0.39, 0.29) is 0 Å². The average Bonchev–Trinajstić information content (AvgIpc) is 1.85. The van der Waals surface area contributed by atoms with E-state index < -0.39 is 0 Å². The van der Waals surface area contributed by atoms with Crippen molar-refractivity contribution in [2.24, 2.45) is 0 Å². The maximum absolute atomic E-state index is 4.07. The van der Waals surface area contributed by atoms with Crippen molar-refractivity contribution < 1.29 is 0 Å². The molecule has 1 N–H and O–H groups in total. The highest BCUT2D eigenvalue weighted by molar-refractivity contribution is 7.80. The number of allylic oxidation sites excluding steroid dienone is 2. The van der Waals surface area contributed by atoms with E-state index in [9.17, 15) is 0 Å². The van der Waals surface area contributed by atoms with Gasteiger partial charge in [0.2, 0.25) is 0 Å². The number of hydrogen-bond donors (Lipinski definition) is 2. The topological polar surface area (TPSA) is 12.0 Å². The van der Waals surface area contributed by atoms with Crippen LogP contribution in [0.25, 0.3) is 0 Å². The van der Waals surface area contributed by atoms with Gasteiger partial charge in [-0.15, -0.1) is 0 Å². The lowest BCUT2D eigenvalue weighted by molar-refractivity contribution is 0.854. The van der Waals surface area contributed by atoms with E-state index >= 15 is 0 Å². The summed E-state index contributed by atoms with van der Waals surface area (Å²) in [6.45, 7) is 5.17. The van der Waals surface area contributed by atoms with E-state index in [1.807, 2.05) is 0 Å². The highest BCUT2D eigenvalue weighted by Gasteiger charge is 1.82. The Balaban J connectivity index is 3.25. The Bertz CT molecular complexity index is 88.9. The molecule has 0 aromatic rings. The molecule has 2 heteroatoms. The van der Waals surface area contributed by atoms with Crippen LogP contribution in [0.5, 0.6) is 0 Å². The third kappa shape index (κ3) is 5.77. The van der Waals surface area contributed by atoms with E-state index in [1.165, 1.54) is 5.70 Å². The molecule has 0 rings (SSSR count). The van der Waals surface area contributed by atoms with Crippen LogP contribution >= 0.6 is 12.6 Å². The van der Waals surface area contributed by atoms with Gasteiger partial charge in [-0.3, -0.25) is 0 Å². The van der Waals surface area contributed by atoms with Gasteiger partial charge in [-0.05, 0) is 13.3 Å². The fourth-order valence-corrected chi connectivity index (χ4v) is 0.743. The first kappa shape index (κ1) is 8.89. The van der Waals surface area contributed by atoms with Crippen LogP contribution in [-0.2, 0) is 0 Å². The predicted octanol–water partition coefficient (Wildman–Crippen LogP) is 1.82. The van der Waals surface area contributed by atoms with Crippen molar-refractivity contribution in [3.05, 3.63) is 11.8 Å². The van der Waals surface area contributed by atoms with Crippen LogP contribution in [0.2, 0.25) is 0 Å². The molecule has 0 spiro atoms. The minimum atomic E-state index is 0.898. The third-order valence-electron chi connectivity index (χ3n) is 1.03. The van der Waals surface area contributed by atoms with Gasteiger partial charge in [-0.1, -0.05) is 13.0 Å². The summed E-state index contributed by atoms with van der Waals surface area (Å²) in [5, 5.41) is 3.22. The SMILES string of the molecule is CCC=C(C)NCCS. The summed E-state index contributed by atoms with van der Waals surface area (Å²) in [4.78, 5) is 0. The standard InChI is InChI=1S/C7H15NS/c1-3-4-7(2)8-5-6-9/h4,8-9H,3,5-6H2,1-2H3. The molecule has 0 fully saturated rings. The second-order valence-corrected chi connectivity index (χ2v) is 2.39. The molecule has 0 aromatic carbocycles. The molecule has 0 aliphatic rings. The first-order valence-electron chi connectivity index (χ1n) is 3.32. The Morgan fingerprint density at radius 3 is 2.78 bits per heavy atom. The molecule has 54 valence electrons. The zero-order chi connectivity index (χ0) is 7.11. The Labute approximate surface area is 62.9 Å². The fraction of sp³-hybridized carbons (Fsp3) is 0.714. The minimum Gasteiger partial charge on any atom is -0.388 e. The van der Waals surface area contributed by atoms with E-state index in [4.69, 9.17) is 0 Å². The zero-order valence-electron chi connectivity index (χ0n) is 6.15. The molecule has 0 amide bonds. The van der Waals surface area contributed by atoms with Crippen molar-refractivity contribution in [1.29, 1.82) is 0 Å². The van der Waals surface area contributed by atoms with Crippen molar-refractivity contribution in [3.63, 3.8) is 0 Å². The van der Waals surface area contributed by atoms with Crippen molar-refractivity contribution in [2.75, 3.05) is 12.3 Å². The van der Waals surface area contributed by atoms with Gasteiger partial charge in [0.15, 0.2) is 0 Å². The number of hydrogen-bond acceptors (Lipinski definition) is 2. The second kappa shape index (κ2) is 6.02. The molecule has 0 unspecified atom stereocenters. The molecule has 9 heavy (non-hydrogen) atoms. The molecule has 0 radical (unpaired) electrons. The highest BCUT2D eigenvalue weighted by atomic mass is 32.1. The van der Waals surface area contributed by atoms with Gasteiger partial charge in [0, 0.05) is 18.0 Å². The lowest BCUT2D eigenvalue weighted by Gasteiger charge is -2.01. The van der Waals surface area contributed by atoms with E-state index in [1.54, 1.807) is 0 Å². The van der Waals surface area contributed by atoms with Crippen LogP contribution in [0.3, 0.4) is 0 Å². The molecule has 0 saturated heterocycles. The number of nitrogens with one attached hydrogen (secondary N) is 1. The summed E-state index contributed by atoms with van der Waals surface area (Å²) in [5.41, 5.74) is 1.26. The van der Waals surface area contributed by atoms with E-state index in [2.05, 4.69) is 37.9 Å². The average molecular weight is 145 g/mol. The molecule has 0 saturated carbocycles. The Morgan fingerprint density at radius 1 is 1.67 bits per heavy atom. The van der Waals surface area contributed by atoms with Crippen LogP contribution in [0.1, 0.15) is 20.3 Å². The quantitative estimate of drug-likeness (QED) is 0.575. The third-order valence-corrected chi connectivity index (χ3v) is 1.25. The summed E-state index contributed by atoms with van der Waals surface area (Å²) in [6.07, 6.45) is 3.27. The van der Waals surface area contributed by atoms with Gasteiger partial charge in [-0.25, -0.2) is 0 Å². The normalized spacial score (nSPS) is 11.7. The molecular weight excluding hydrogens is 130 g/mol. The first-order chi connectivity index (χ1) is 4.31. The van der Waals surface area contributed by atoms with Crippen molar-refractivity contribution in [1.82, 2.24) is 5.32 Å². The lowest BCUT2D eigenvalue weighted by Crippen LogP contribution is -2.13. The maximum atomic E-state index is 4.07. The van der Waals surface area contributed by atoms with Gasteiger partial charge in [0.05, 0.1) is 0 Å². The molecule has 0 aliphatic carbocycles. The van der Waals surface area contributed by atoms with Gasteiger partial charge < -0.3 is 5.32 Å². The lowest BCUT2D eigenvalue weighted by atomic mass is 10.3. The van der Waals surface area contributed by atoms with Crippen LogP contribution in [0, 0.1) is 0 Å². The predicted molar refractivity (Wildman–Crippen MR) is 45.9 cm³/mol. The van der Waals surface area contributed by atoms with Crippen LogP contribution in [-0.4, -0.2) is 12.3 Å². The molecular formula is C7H15NS. The number of thiol groups is 1. The Kier molecular flexibility index (Phi) is 5.94. The molecule has 1 nitrogen and oxygen atoms in total. The molecule has 0 bridgehead atoms.